The normalized spacial score (nSPS) is 10.6. The third kappa shape index (κ3) is 1.50. The average Bonchev–Trinajstić information content (AvgIpc) is 2.60. The Bertz CT molecular complexity index is 526. The van der Waals surface area contributed by atoms with Gasteiger partial charge in [-0.05, 0) is 30.7 Å². The average molecular weight is 203 g/mol. The Morgan fingerprint density at radius 1 is 1.40 bits per heavy atom. The number of ether oxygens (including phenoxy) is 1. The predicted octanol–water partition coefficient (Wildman–Crippen LogP) is 2.27. The SMILES string of the molecule is COC(=O)c1cc(C)c2ccn(C)c2c1. The number of aryl methyl sites for hydroxylation is 2. The maximum absolute atomic E-state index is 11.4. The molecule has 0 fully saturated rings. The first kappa shape index (κ1) is 9.77. The predicted molar refractivity (Wildman–Crippen MR) is 59.0 cm³/mol. The van der Waals surface area contributed by atoms with E-state index in [-0.39, 0.29) is 5.97 Å². The molecule has 0 aliphatic rings. The zero-order chi connectivity index (χ0) is 11.0. The van der Waals surface area contributed by atoms with Gasteiger partial charge in [0, 0.05) is 24.1 Å². The molecule has 78 valence electrons. The second-order valence-corrected chi connectivity index (χ2v) is 3.64. The number of hydrogen-bond acceptors (Lipinski definition) is 2. The molecule has 0 saturated carbocycles. The molecule has 0 atom stereocenters. The zero-order valence-electron chi connectivity index (χ0n) is 9.07. The molecule has 3 heteroatoms. The van der Waals surface area contributed by atoms with Crippen LogP contribution in [0.4, 0.5) is 0 Å². The first-order valence-corrected chi connectivity index (χ1v) is 4.77. The number of aromatic nitrogens is 1. The van der Waals surface area contributed by atoms with Crippen molar-refractivity contribution in [2.24, 2.45) is 7.05 Å². The van der Waals surface area contributed by atoms with Crippen LogP contribution in [0.1, 0.15) is 15.9 Å². The Hall–Kier alpha value is -1.77. The molecule has 0 bridgehead atoms. The van der Waals surface area contributed by atoms with E-state index in [9.17, 15) is 4.79 Å². The van der Waals surface area contributed by atoms with Crippen LogP contribution in [0.15, 0.2) is 24.4 Å². The van der Waals surface area contributed by atoms with Crippen LogP contribution < -0.4 is 0 Å². The Balaban J connectivity index is 2.70. The molecular weight excluding hydrogens is 190 g/mol. The first-order chi connectivity index (χ1) is 7.13. The Morgan fingerprint density at radius 3 is 2.80 bits per heavy atom. The van der Waals surface area contributed by atoms with Crippen molar-refractivity contribution in [1.29, 1.82) is 0 Å². The molecule has 15 heavy (non-hydrogen) atoms. The molecule has 0 aliphatic heterocycles. The minimum atomic E-state index is -0.291. The summed E-state index contributed by atoms with van der Waals surface area (Å²) < 4.78 is 6.70. The van der Waals surface area contributed by atoms with E-state index in [2.05, 4.69) is 0 Å². The molecule has 0 radical (unpaired) electrons. The van der Waals surface area contributed by atoms with E-state index >= 15 is 0 Å². The number of hydrogen-bond donors (Lipinski definition) is 0. The van der Waals surface area contributed by atoms with Gasteiger partial charge in [-0.3, -0.25) is 0 Å². The lowest BCUT2D eigenvalue weighted by atomic mass is 10.1. The topological polar surface area (TPSA) is 31.2 Å². The molecule has 0 saturated heterocycles. The van der Waals surface area contributed by atoms with Crippen LogP contribution in [0.25, 0.3) is 10.9 Å². The quantitative estimate of drug-likeness (QED) is 0.666. The van der Waals surface area contributed by atoms with Crippen molar-refractivity contribution in [3.05, 3.63) is 35.5 Å². The lowest BCUT2D eigenvalue weighted by Crippen LogP contribution is -2.02. The highest BCUT2D eigenvalue weighted by Gasteiger charge is 2.09. The smallest absolute Gasteiger partial charge is 0.337 e. The summed E-state index contributed by atoms with van der Waals surface area (Å²) in [4.78, 5) is 11.4. The van der Waals surface area contributed by atoms with E-state index in [1.54, 1.807) is 0 Å². The molecule has 0 N–H and O–H groups in total. The van der Waals surface area contributed by atoms with Gasteiger partial charge in [0.25, 0.3) is 0 Å². The van der Waals surface area contributed by atoms with E-state index < -0.39 is 0 Å². The zero-order valence-corrected chi connectivity index (χ0v) is 9.07. The highest BCUT2D eigenvalue weighted by molar-refractivity contribution is 5.96. The first-order valence-electron chi connectivity index (χ1n) is 4.77. The second kappa shape index (κ2) is 3.42. The molecule has 0 amide bonds. The standard InChI is InChI=1S/C12H13NO2/c1-8-6-9(12(14)15-3)7-11-10(8)4-5-13(11)2/h4-7H,1-3H3. The van der Waals surface area contributed by atoms with Crippen molar-refractivity contribution in [3.63, 3.8) is 0 Å². The Morgan fingerprint density at radius 2 is 2.13 bits per heavy atom. The number of nitrogens with zero attached hydrogens (tertiary/aromatic N) is 1. The fourth-order valence-corrected chi connectivity index (χ4v) is 1.79. The largest absolute Gasteiger partial charge is 0.465 e. The van der Waals surface area contributed by atoms with Gasteiger partial charge in [0.05, 0.1) is 12.7 Å². The van der Waals surface area contributed by atoms with Crippen molar-refractivity contribution in [2.75, 3.05) is 7.11 Å². The van der Waals surface area contributed by atoms with Gasteiger partial charge in [-0.1, -0.05) is 0 Å². The number of esters is 1. The van der Waals surface area contributed by atoms with Gasteiger partial charge >= 0.3 is 5.97 Å². The Labute approximate surface area is 88.3 Å². The van der Waals surface area contributed by atoms with Gasteiger partial charge in [0.15, 0.2) is 0 Å². The van der Waals surface area contributed by atoms with Crippen LogP contribution in [0, 0.1) is 6.92 Å². The number of methoxy groups -OCH3 is 1. The maximum Gasteiger partial charge on any atom is 0.337 e. The summed E-state index contributed by atoms with van der Waals surface area (Å²) in [7, 11) is 3.36. The van der Waals surface area contributed by atoms with Crippen LogP contribution >= 0.6 is 0 Å². The molecule has 0 spiro atoms. The van der Waals surface area contributed by atoms with Crippen molar-refractivity contribution in [3.8, 4) is 0 Å². The monoisotopic (exact) mass is 203 g/mol. The summed E-state index contributed by atoms with van der Waals surface area (Å²) in [6, 6.07) is 5.76. The minimum absolute atomic E-state index is 0.291. The minimum Gasteiger partial charge on any atom is -0.465 e. The van der Waals surface area contributed by atoms with Gasteiger partial charge in [-0.25, -0.2) is 4.79 Å². The van der Waals surface area contributed by atoms with Crippen LogP contribution in [0.5, 0.6) is 0 Å². The van der Waals surface area contributed by atoms with Gasteiger partial charge in [-0.15, -0.1) is 0 Å². The number of benzene rings is 1. The van der Waals surface area contributed by atoms with Crippen molar-refractivity contribution in [1.82, 2.24) is 4.57 Å². The van der Waals surface area contributed by atoms with Gasteiger partial charge in [0.2, 0.25) is 0 Å². The number of fused-ring (bicyclic) bond motifs is 1. The molecule has 0 unspecified atom stereocenters. The fraction of sp³-hybridized carbons (Fsp3) is 0.250. The van der Waals surface area contributed by atoms with Crippen molar-refractivity contribution < 1.29 is 9.53 Å². The van der Waals surface area contributed by atoms with Gasteiger partial charge in [0.1, 0.15) is 0 Å². The van der Waals surface area contributed by atoms with E-state index in [0.29, 0.717) is 5.56 Å². The lowest BCUT2D eigenvalue weighted by Gasteiger charge is -2.04. The summed E-state index contributed by atoms with van der Waals surface area (Å²) in [6.45, 7) is 1.99. The summed E-state index contributed by atoms with van der Waals surface area (Å²) in [6.07, 6.45) is 1.98. The molecule has 1 aromatic heterocycles. The number of carbonyl (C=O) groups excluding carboxylic acids is 1. The number of carbonyl (C=O) groups is 1. The number of rotatable bonds is 1. The summed E-state index contributed by atoms with van der Waals surface area (Å²) in [5.41, 5.74) is 2.74. The second-order valence-electron chi connectivity index (χ2n) is 3.64. The molecule has 2 rings (SSSR count). The van der Waals surface area contributed by atoms with Crippen LogP contribution in [0.3, 0.4) is 0 Å². The maximum atomic E-state index is 11.4. The summed E-state index contributed by atoms with van der Waals surface area (Å²) in [5, 5.41) is 1.17. The third-order valence-electron chi connectivity index (χ3n) is 2.63. The summed E-state index contributed by atoms with van der Waals surface area (Å²) >= 11 is 0. The third-order valence-corrected chi connectivity index (χ3v) is 2.63. The van der Waals surface area contributed by atoms with E-state index in [1.165, 1.54) is 12.5 Å². The highest BCUT2D eigenvalue weighted by Crippen LogP contribution is 2.21. The van der Waals surface area contributed by atoms with Crippen molar-refractivity contribution >= 4 is 16.9 Å². The molecule has 1 heterocycles. The van der Waals surface area contributed by atoms with Gasteiger partial charge in [-0.2, -0.15) is 0 Å². The lowest BCUT2D eigenvalue weighted by molar-refractivity contribution is 0.0601. The molecule has 1 aromatic carbocycles. The highest BCUT2D eigenvalue weighted by atomic mass is 16.5. The van der Waals surface area contributed by atoms with Crippen molar-refractivity contribution in [2.45, 2.75) is 6.92 Å². The van der Waals surface area contributed by atoms with E-state index in [0.717, 1.165) is 11.1 Å². The fourth-order valence-electron chi connectivity index (χ4n) is 1.79. The molecule has 3 nitrogen and oxygen atoms in total. The van der Waals surface area contributed by atoms with Gasteiger partial charge < -0.3 is 9.30 Å². The van der Waals surface area contributed by atoms with Crippen LogP contribution in [0.2, 0.25) is 0 Å². The summed E-state index contributed by atoms with van der Waals surface area (Å²) in [5.74, 6) is -0.291. The van der Waals surface area contributed by atoms with Crippen LogP contribution in [-0.4, -0.2) is 17.6 Å². The Kier molecular flexibility index (Phi) is 2.23. The molecule has 2 aromatic rings. The van der Waals surface area contributed by atoms with E-state index in [4.69, 9.17) is 4.74 Å². The molecular formula is C12H13NO2. The van der Waals surface area contributed by atoms with E-state index in [1.807, 2.05) is 42.9 Å². The van der Waals surface area contributed by atoms with Crippen LogP contribution in [-0.2, 0) is 11.8 Å². The molecule has 0 aliphatic carbocycles.